The van der Waals surface area contributed by atoms with Gasteiger partial charge in [-0.1, -0.05) is 11.6 Å². The average molecular weight is 317 g/mol. The molecule has 2 rings (SSSR count). The second kappa shape index (κ2) is 5.68. The lowest BCUT2D eigenvalue weighted by atomic mass is 10.4. The maximum absolute atomic E-state index is 12.0. The van der Waals surface area contributed by atoms with Crippen LogP contribution in [0.4, 0.5) is 0 Å². The van der Waals surface area contributed by atoms with Crippen LogP contribution in [-0.2, 0) is 6.54 Å². The lowest BCUT2D eigenvalue weighted by molar-refractivity contribution is 0.0691. The minimum absolute atomic E-state index is 0.110. The molecule has 0 spiro atoms. The maximum Gasteiger partial charge on any atom is 0.355 e. The molecule has 2 aromatic rings. The van der Waals surface area contributed by atoms with Gasteiger partial charge < -0.3 is 10.0 Å². The van der Waals surface area contributed by atoms with Crippen molar-refractivity contribution < 1.29 is 14.7 Å². The largest absolute Gasteiger partial charge is 0.476 e. The van der Waals surface area contributed by atoms with Gasteiger partial charge in [0.05, 0.1) is 10.9 Å². The lowest BCUT2D eigenvalue weighted by Crippen LogP contribution is -2.25. The van der Waals surface area contributed by atoms with Gasteiger partial charge in [-0.15, -0.1) is 22.7 Å². The Morgan fingerprint density at radius 3 is 2.74 bits per heavy atom. The molecule has 1 amide bonds. The first-order chi connectivity index (χ1) is 8.97. The van der Waals surface area contributed by atoms with Crippen LogP contribution in [0.15, 0.2) is 17.5 Å². The van der Waals surface area contributed by atoms with Gasteiger partial charge in [-0.25, -0.2) is 9.78 Å². The van der Waals surface area contributed by atoms with Gasteiger partial charge in [-0.2, -0.15) is 0 Å². The van der Waals surface area contributed by atoms with E-state index >= 15 is 0 Å². The number of hydrogen-bond acceptors (Lipinski definition) is 5. The van der Waals surface area contributed by atoms with Crippen molar-refractivity contribution in [2.45, 2.75) is 6.54 Å². The first-order valence-corrected chi connectivity index (χ1v) is 7.23. The molecule has 19 heavy (non-hydrogen) atoms. The standard InChI is InChI=1S/C11H9ClN2O3S2/c1-14(4-6-2-3-8(12)19-6)10(15)9-13-7(5-18-9)11(16)17/h2-3,5H,4H2,1H3,(H,16,17). The summed E-state index contributed by atoms with van der Waals surface area (Å²) in [7, 11) is 1.64. The van der Waals surface area contributed by atoms with Crippen LogP contribution in [0, 0.1) is 0 Å². The maximum atomic E-state index is 12.0. The van der Waals surface area contributed by atoms with Crippen LogP contribution < -0.4 is 0 Å². The zero-order chi connectivity index (χ0) is 14.0. The number of hydrogen-bond donors (Lipinski definition) is 1. The second-order valence-electron chi connectivity index (χ2n) is 3.71. The Labute approximate surface area is 122 Å². The van der Waals surface area contributed by atoms with Crippen LogP contribution in [0.5, 0.6) is 0 Å². The Morgan fingerprint density at radius 2 is 2.21 bits per heavy atom. The van der Waals surface area contributed by atoms with Crippen molar-refractivity contribution in [2.75, 3.05) is 7.05 Å². The van der Waals surface area contributed by atoms with Crippen LogP contribution in [0.2, 0.25) is 4.34 Å². The zero-order valence-corrected chi connectivity index (χ0v) is 12.2. The summed E-state index contributed by atoms with van der Waals surface area (Å²) in [5.74, 6) is -1.44. The number of carbonyl (C=O) groups excluding carboxylic acids is 1. The van der Waals surface area contributed by atoms with Crippen LogP contribution in [0.1, 0.15) is 25.2 Å². The second-order valence-corrected chi connectivity index (χ2v) is 6.37. The molecule has 0 aliphatic heterocycles. The van der Waals surface area contributed by atoms with Gasteiger partial charge in [0.15, 0.2) is 10.7 Å². The molecule has 0 aromatic carbocycles. The summed E-state index contributed by atoms with van der Waals surface area (Å²) in [6, 6.07) is 3.62. The van der Waals surface area contributed by atoms with Crippen LogP contribution in [0.3, 0.4) is 0 Å². The first-order valence-electron chi connectivity index (χ1n) is 5.16. The summed E-state index contributed by atoms with van der Waals surface area (Å²) in [6.07, 6.45) is 0. The molecular formula is C11H9ClN2O3S2. The molecule has 0 aliphatic carbocycles. The van der Waals surface area contributed by atoms with Crippen molar-refractivity contribution in [2.24, 2.45) is 0 Å². The van der Waals surface area contributed by atoms with E-state index < -0.39 is 5.97 Å². The summed E-state index contributed by atoms with van der Waals surface area (Å²) in [6.45, 7) is 0.415. The molecule has 0 unspecified atom stereocenters. The van der Waals surface area contributed by atoms with Gasteiger partial charge in [0.1, 0.15) is 0 Å². The van der Waals surface area contributed by atoms with E-state index in [1.165, 1.54) is 21.6 Å². The van der Waals surface area contributed by atoms with E-state index in [-0.39, 0.29) is 16.6 Å². The molecular weight excluding hydrogens is 308 g/mol. The molecule has 100 valence electrons. The summed E-state index contributed by atoms with van der Waals surface area (Å²) in [5.41, 5.74) is -0.110. The Kier molecular flexibility index (Phi) is 4.18. The van der Waals surface area contributed by atoms with Gasteiger partial charge in [0, 0.05) is 17.3 Å². The third kappa shape index (κ3) is 3.31. The van der Waals surface area contributed by atoms with Crippen LogP contribution >= 0.6 is 34.3 Å². The fourth-order valence-corrected chi connectivity index (χ4v) is 3.30. The SMILES string of the molecule is CN(Cc1ccc(Cl)s1)C(=O)c1nc(C(=O)O)cs1. The number of carbonyl (C=O) groups is 2. The fraction of sp³-hybridized carbons (Fsp3) is 0.182. The van der Waals surface area contributed by atoms with Gasteiger partial charge in [0.2, 0.25) is 0 Å². The van der Waals surface area contributed by atoms with E-state index in [0.29, 0.717) is 10.9 Å². The lowest BCUT2D eigenvalue weighted by Gasteiger charge is -2.14. The van der Waals surface area contributed by atoms with Crippen LogP contribution in [-0.4, -0.2) is 33.9 Å². The predicted octanol–water partition coefficient (Wildman–Crippen LogP) is 2.83. The molecule has 0 atom stereocenters. The molecule has 8 heteroatoms. The number of thiazole rings is 1. The predicted molar refractivity (Wildman–Crippen MR) is 74.2 cm³/mol. The van der Waals surface area contributed by atoms with Crippen molar-refractivity contribution in [3.8, 4) is 0 Å². The van der Waals surface area contributed by atoms with E-state index in [4.69, 9.17) is 16.7 Å². The van der Waals surface area contributed by atoms with Crippen molar-refractivity contribution in [1.29, 1.82) is 0 Å². The van der Waals surface area contributed by atoms with Crippen molar-refractivity contribution in [3.63, 3.8) is 0 Å². The van der Waals surface area contributed by atoms with Crippen LogP contribution in [0.25, 0.3) is 0 Å². The Bertz CT molecular complexity index is 623. The highest BCUT2D eigenvalue weighted by Gasteiger charge is 2.18. The smallest absolute Gasteiger partial charge is 0.355 e. The van der Waals surface area contributed by atoms with Crippen molar-refractivity contribution in [3.05, 3.63) is 37.4 Å². The molecule has 1 N–H and O–H groups in total. The first kappa shape index (κ1) is 14.0. The summed E-state index contributed by atoms with van der Waals surface area (Å²) >= 11 is 8.24. The minimum atomic E-state index is -1.14. The summed E-state index contributed by atoms with van der Waals surface area (Å²) in [5, 5.41) is 10.3. The fourth-order valence-electron chi connectivity index (χ4n) is 1.38. The highest BCUT2D eigenvalue weighted by atomic mass is 35.5. The number of carboxylic acids is 1. The highest BCUT2D eigenvalue weighted by molar-refractivity contribution is 7.16. The zero-order valence-electron chi connectivity index (χ0n) is 9.79. The summed E-state index contributed by atoms with van der Waals surface area (Å²) < 4.78 is 0.665. The van der Waals surface area contributed by atoms with Crippen molar-refractivity contribution >= 4 is 46.2 Å². The van der Waals surface area contributed by atoms with Gasteiger partial charge >= 0.3 is 5.97 Å². The highest BCUT2D eigenvalue weighted by Crippen LogP contribution is 2.23. The summed E-state index contributed by atoms with van der Waals surface area (Å²) in [4.78, 5) is 29.0. The number of nitrogens with zero attached hydrogens (tertiary/aromatic N) is 2. The Balaban J connectivity index is 2.07. The third-order valence-electron chi connectivity index (χ3n) is 2.27. The Morgan fingerprint density at radius 1 is 1.47 bits per heavy atom. The topological polar surface area (TPSA) is 70.5 Å². The average Bonchev–Trinajstić information content (AvgIpc) is 2.97. The number of amides is 1. The van der Waals surface area contributed by atoms with Crippen molar-refractivity contribution in [1.82, 2.24) is 9.88 Å². The number of halogens is 1. The van der Waals surface area contributed by atoms with E-state index in [0.717, 1.165) is 16.2 Å². The number of thiophene rings is 1. The van der Waals surface area contributed by atoms with E-state index in [9.17, 15) is 9.59 Å². The quantitative estimate of drug-likeness (QED) is 0.941. The third-order valence-corrected chi connectivity index (χ3v) is 4.32. The molecule has 0 aliphatic rings. The molecule has 0 saturated carbocycles. The van der Waals surface area contributed by atoms with Gasteiger partial charge in [-0.05, 0) is 12.1 Å². The number of rotatable bonds is 4. The molecule has 0 fully saturated rings. The molecule has 5 nitrogen and oxygen atoms in total. The van der Waals surface area contributed by atoms with Gasteiger partial charge in [-0.3, -0.25) is 4.79 Å². The Hall–Kier alpha value is -1.44. The number of aromatic carboxylic acids is 1. The van der Waals surface area contributed by atoms with Gasteiger partial charge in [0.25, 0.3) is 5.91 Å². The van der Waals surface area contributed by atoms with E-state index in [1.807, 2.05) is 6.07 Å². The molecule has 0 bridgehead atoms. The van der Waals surface area contributed by atoms with E-state index in [2.05, 4.69) is 4.98 Å². The number of aromatic nitrogens is 1. The number of carboxylic acid groups (broad SMARTS) is 1. The normalized spacial score (nSPS) is 10.4. The molecule has 2 heterocycles. The molecule has 2 aromatic heterocycles. The minimum Gasteiger partial charge on any atom is -0.476 e. The van der Waals surface area contributed by atoms with E-state index in [1.54, 1.807) is 13.1 Å². The molecule has 0 radical (unpaired) electrons. The monoisotopic (exact) mass is 316 g/mol. The molecule has 0 saturated heterocycles.